The van der Waals surface area contributed by atoms with Crippen LogP contribution >= 0.6 is 0 Å². The number of carbonyl (C=O) groups is 1. The molecule has 0 unspecified atom stereocenters. The van der Waals surface area contributed by atoms with Gasteiger partial charge in [-0.1, -0.05) is 12.8 Å². The molecule has 0 aromatic rings. The lowest BCUT2D eigenvalue weighted by Crippen LogP contribution is -2.52. The molecule has 2 fully saturated rings. The van der Waals surface area contributed by atoms with Crippen LogP contribution < -0.4 is 10.6 Å². The van der Waals surface area contributed by atoms with Crippen molar-refractivity contribution in [2.75, 3.05) is 13.1 Å². The summed E-state index contributed by atoms with van der Waals surface area (Å²) in [6.45, 7) is 4.24. The van der Waals surface area contributed by atoms with Crippen molar-refractivity contribution in [3.05, 3.63) is 0 Å². The molecular weight excluding hydrogens is 200 g/mol. The summed E-state index contributed by atoms with van der Waals surface area (Å²) in [5, 5.41) is 6.58. The Morgan fingerprint density at radius 3 is 2.56 bits per heavy atom. The molecule has 0 atom stereocenters. The van der Waals surface area contributed by atoms with Crippen molar-refractivity contribution in [2.24, 2.45) is 5.92 Å². The Bertz CT molecular complexity index is 240. The molecule has 3 heteroatoms. The van der Waals surface area contributed by atoms with Crippen LogP contribution in [-0.2, 0) is 4.79 Å². The van der Waals surface area contributed by atoms with Gasteiger partial charge in [0.15, 0.2) is 0 Å². The van der Waals surface area contributed by atoms with Crippen molar-refractivity contribution in [2.45, 2.75) is 57.4 Å². The van der Waals surface area contributed by atoms with Crippen LogP contribution in [0.2, 0.25) is 0 Å². The molecule has 1 aliphatic carbocycles. The Morgan fingerprint density at radius 1 is 1.31 bits per heavy atom. The Labute approximate surface area is 98.4 Å². The van der Waals surface area contributed by atoms with E-state index in [0.717, 1.165) is 32.4 Å². The van der Waals surface area contributed by atoms with E-state index < -0.39 is 0 Å². The minimum atomic E-state index is 0.0426. The molecule has 1 heterocycles. The molecule has 1 aliphatic heterocycles. The van der Waals surface area contributed by atoms with E-state index in [9.17, 15) is 4.79 Å². The maximum atomic E-state index is 11.9. The lowest BCUT2D eigenvalue weighted by Gasteiger charge is -2.35. The van der Waals surface area contributed by atoms with Gasteiger partial charge in [-0.25, -0.2) is 0 Å². The molecule has 3 nitrogen and oxygen atoms in total. The molecule has 0 bridgehead atoms. The molecule has 16 heavy (non-hydrogen) atoms. The van der Waals surface area contributed by atoms with Crippen LogP contribution in [0.4, 0.5) is 0 Å². The van der Waals surface area contributed by atoms with Gasteiger partial charge >= 0.3 is 0 Å². The van der Waals surface area contributed by atoms with E-state index in [1.165, 1.54) is 25.7 Å². The second-order valence-electron chi connectivity index (χ2n) is 5.71. The molecule has 2 aliphatic rings. The first-order chi connectivity index (χ1) is 7.68. The number of amides is 1. The third-order valence-electron chi connectivity index (χ3n) is 4.10. The second-order valence-corrected chi connectivity index (χ2v) is 5.71. The van der Waals surface area contributed by atoms with Crippen molar-refractivity contribution in [3.8, 4) is 0 Å². The van der Waals surface area contributed by atoms with Crippen LogP contribution in [0.5, 0.6) is 0 Å². The minimum Gasteiger partial charge on any atom is -0.351 e. The summed E-state index contributed by atoms with van der Waals surface area (Å²) in [6, 6.07) is 0. The molecule has 0 aromatic carbocycles. The molecule has 92 valence electrons. The van der Waals surface area contributed by atoms with Crippen molar-refractivity contribution in [1.29, 1.82) is 0 Å². The van der Waals surface area contributed by atoms with Gasteiger partial charge in [0, 0.05) is 12.0 Å². The molecule has 1 saturated carbocycles. The van der Waals surface area contributed by atoms with Crippen LogP contribution in [0.15, 0.2) is 0 Å². The fraction of sp³-hybridized carbons (Fsp3) is 0.923. The Kier molecular flexibility index (Phi) is 3.85. The van der Waals surface area contributed by atoms with Gasteiger partial charge in [0.2, 0.25) is 5.91 Å². The maximum Gasteiger partial charge on any atom is 0.220 e. The molecule has 0 spiro atoms. The van der Waals surface area contributed by atoms with Crippen molar-refractivity contribution in [1.82, 2.24) is 10.6 Å². The summed E-state index contributed by atoms with van der Waals surface area (Å²) in [6.07, 6.45) is 8.02. The molecular formula is C13H24N2O. The van der Waals surface area contributed by atoms with E-state index in [0.29, 0.717) is 5.92 Å². The van der Waals surface area contributed by atoms with E-state index in [1.54, 1.807) is 0 Å². The Morgan fingerprint density at radius 2 is 1.94 bits per heavy atom. The van der Waals surface area contributed by atoms with Gasteiger partial charge in [-0.3, -0.25) is 4.79 Å². The quantitative estimate of drug-likeness (QED) is 0.768. The molecule has 2 N–H and O–H groups in total. The van der Waals surface area contributed by atoms with Crippen LogP contribution in [0.3, 0.4) is 0 Å². The van der Waals surface area contributed by atoms with Gasteiger partial charge in [0.05, 0.1) is 0 Å². The fourth-order valence-corrected chi connectivity index (χ4v) is 2.97. The largest absolute Gasteiger partial charge is 0.351 e. The Hall–Kier alpha value is -0.570. The van der Waals surface area contributed by atoms with Crippen LogP contribution in [-0.4, -0.2) is 24.5 Å². The predicted octanol–water partition coefficient (Wildman–Crippen LogP) is 1.82. The molecule has 0 aromatic heterocycles. The highest BCUT2D eigenvalue weighted by Crippen LogP contribution is 2.28. The highest BCUT2D eigenvalue weighted by Gasteiger charge is 2.29. The zero-order valence-electron chi connectivity index (χ0n) is 10.3. The van der Waals surface area contributed by atoms with Gasteiger partial charge in [0.25, 0.3) is 0 Å². The number of hydrogen-bond donors (Lipinski definition) is 2. The third kappa shape index (κ3) is 3.21. The second kappa shape index (κ2) is 5.17. The van der Waals surface area contributed by atoms with Gasteiger partial charge in [-0.2, -0.15) is 0 Å². The summed E-state index contributed by atoms with van der Waals surface area (Å²) in [7, 11) is 0. The lowest BCUT2D eigenvalue weighted by atomic mass is 9.90. The van der Waals surface area contributed by atoms with Crippen LogP contribution in [0.25, 0.3) is 0 Å². The maximum absolute atomic E-state index is 11.9. The number of hydrogen-bond acceptors (Lipinski definition) is 2. The number of rotatable bonds is 3. The standard InChI is InChI=1S/C13H24N2O/c1-13(6-8-14-9-7-13)15-12(16)10-11-4-2-3-5-11/h11,14H,2-10H2,1H3,(H,15,16). The molecule has 1 amide bonds. The van der Waals surface area contributed by atoms with Crippen molar-refractivity contribution >= 4 is 5.91 Å². The van der Waals surface area contributed by atoms with Gasteiger partial charge in [-0.05, 0) is 51.6 Å². The number of nitrogens with one attached hydrogen (secondary N) is 2. The van der Waals surface area contributed by atoms with Crippen LogP contribution in [0, 0.1) is 5.92 Å². The lowest BCUT2D eigenvalue weighted by molar-refractivity contribution is -0.124. The fourth-order valence-electron chi connectivity index (χ4n) is 2.97. The molecule has 2 rings (SSSR count). The number of carbonyl (C=O) groups excluding carboxylic acids is 1. The van der Waals surface area contributed by atoms with Gasteiger partial charge in [-0.15, -0.1) is 0 Å². The first-order valence-electron chi connectivity index (χ1n) is 6.70. The summed E-state index contributed by atoms with van der Waals surface area (Å²) in [5.41, 5.74) is 0.0426. The summed E-state index contributed by atoms with van der Waals surface area (Å²) >= 11 is 0. The molecule has 0 radical (unpaired) electrons. The third-order valence-corrected chi connectivity index (χ3v) is 4.10. The first kappa shape index (κ1) is 11.9. The normalized spacial score (nSPS) is 25.6. The smallest absolute Gasteiger partial charge is 0.220 e. The Balaban J connectivity index is 1.76. The van der Waals surface area contributed by atoms with E-state index >= 15 is 0 Å². The van der Waals surface area contributed by atoms with Gasteiger partial charge < -0.3 is 10.6 Å². The van der Waals surface area contributed by atoms with E-state index in [-0.39, 0.29) is 11.4 Å². The van der Waals surface area contributed by atoms with E-state index in [4.69, 9.17) is 0 Å². The summed E-state index contributed by atoms with van der Waals surface area (Å²) in [5.74, 6) is 0.932. The van der Waals surface area contributed by atoms with Gasteiger partial charge in [0.1, 0.15) is 0 Å². The predicted molar refractivity (Wildman–Crippen MR) is 65.2 cm³/mol. The number of piperidine rings is 1. The van der Waals surface area contributed by atoms with Crippen molar-refractivity contribution in [3.63, 3.8) is 0 Å². The minimum absolute atomic E-state index is 0.0426. The zero-order chi connectivity index (χ0) is 11.4. The van der Waals surface area contributed by atoms with E-state index in [2.05, 4.69) is 17.6 Å². The first-order valence-corrected chi connectivity index (χ1v) is 6.70. The topological polar surface area (TPSA) is 41.1 Å². The highest BCUT2D eigenvalue weighted by molar-refractivity contribution is 5.77. The SMILES string of the molecule is CC1(NC(=O)CC2CCCC2)CCNCC1. The van der Waals surface area contributed by atoms with Crippen molar-refractivity contribution < 1.29 is 4.79 Å². The molecule has 1 saturated heterocycles. The zero-order valence-corrected chi connectivity index (χ0v) is 10.3. The monoisotopic (exact) mass is 224 g/mol. The highest BCUT2D eigenvalue weighted by atomic mass is 16.1. The average Bonchev–Trinajstić information content (AvgIpc) is 2.70. The summed E-state index contributed by atoms with van der Waals surface area (Å²) in [4.78, 5) is 11.9. The summed E-state index contributed by atoms with van der Waals surface area (Å²) < 4.78 is 0. The van der Waals surface area contributed by atoms with Crippen LogP contribution in [0.1, 0.15) is 51.9 Å². The average molecular weight is 224 g/mol. The van der Waals surface area contributed by atoms with E-state index in [1.807, 2.05) is 0 Å².